The second-order valence-corrected chi connectivity index (χ2v) is 7.72. The van der Waals surface area contributed by atoms with Gasteiger partial charge in [-0.1, -0.05) is 11.6 Å². The first-order chi connectivity index (χ1) is 11.0. The number of carbonyl (C=O) groups is 1. The Kier molecular flexibility index (Phi) is 3.56. The molecule has 2 heterocycles. The van der Waals surface area contributed by atoms with E-state index in [9.17, 15) is 14.9 Å². The largest absolute Gasteiger partial charge is 0.335 e. The molecule has 5 nitrogen and oxygen atoms in total. The van der Waals surface area contributed by atoms with E-state index in [1.165, 1.54) is 31.4 Å². The molecule has 1 aromatic carbocycles. The number of nitrogens with zero attached hydrogens (tertiary/aromatic N) is 2. The van der Waals surface area contributed by atoms with Crippen LogP contribution in [0.15, 0.2) is 18.2 Å². The second-order valence-electron chi connectivity index (χ2n) is 7.31. The van der Waals surface area contributed by atoms with Crippen LogP contribution in [-0.4, -0.2) is 28.3 Å². The van der Waals surface area contributed by atoms with Crippen LogP contribution in [0.3, 0.4) is 0 Å². The van der Waals surface area contributed by atoms with Crippen LogP contribution < -0.4 is 0 Å². The minimum absolute atomic E-state index is 0.0717. The second kappa shape index (κ2) is 5.48. The molecule has 1 aromatic rings. The topological polar surface area (TPSA) is 63.4 Å². The Hall–Kier alpha value is -1.62. The summed E-state index contributed by atoms with van der Waals surface area (Å²) in [5.74, 6) is 2.03. The first-order valence-corrected chi connectivity index (χ1v) is 8.64. The summed E-state index contributed by atoms with van der Waals surface area (Å²) in [4.78, 5) is 25.5. The lowest BCUT2D eigenvalue weighted by Gasteiger charge is -2.39. The minimum atomic E-state index is -0.533. The highest BCUT2D eigenvalue weighted by molar-refractivity contribution is 6.32. The maximum atomic E-state index is 13.0. The number of amides is 1. The third kappa shape index (κ3) is 2.61. The van der Waals surface area contributed by atoms with Gasteiger partial charge in [0.1, 0.15) is 5.02 Å². The van der Waals surface area contributed by atoms with Gasteiger partial charge in [0, 0.05) is 24.2 Å². The average molecular weight is 335 g/mol. The summed E-state index contributed by atoms with van der Waals surface area (Å²) >= 11 is 5.86. The molecule has 122 valence electrons. The van der Waals surface area contributed by atoms with E-state index in [4.69, 9.17) is 11.6 Å². The van der Waals surface area contributed by atoms with E-state index >= 15 is 0 Å². The Balaban J connectivity index is 1.64. The molecule has 0 radical (unpaired) electrons. The Morgan fingerprint density at radius 2 is 1.78 bits per heavy atom. The molecular weight excluding hydrogens is 316 g/mol. The van der Waals surface area contributed by atoms with Gasteiger partial charge in [-0.25, -0.2) is 0 Å². The zero-order valence-electron chi connectivity index (χ0n) is 12.8. The lowest BCUT2D eigenvalue weighted by Crippen LogP contribution is -2.42. The van der Waals surface area contributed by atoms with Crippen LogP contribution in [0.5, 0.6) is 0 Å². The van der Waals surface area contributed by atoms with Crippen molar-refractivity contribution in [1.29, 1.82) is 0 Å². The number of benzene rings is 1. The van der Waals surface area contributed by atoms with Crippen LogP contribution in [0, 0.1) is 27.9 Å². The molecule has 4 aliphatic rings. The minimum Gasteiger partial charge on any atom is -0.335 e. The SMILES string of the molecule is O=C(c1ccc(Cl)c([N+](=O)[O-])c1)N1CC2C[C@@H]3CC1C[C@H](C2)C3. The van der Waals surface area contributed by atoms with E-state index in [0.29, 0.717) is 17.5 Å². The Morgan fingerprint density at radius 1 is 1.13 bits per heavy atom. The van der Waals surface area contributed by atoms with Crippen molar-refractivity contribution in [3.63, 3.8) is 0 Å². The normalized spacial score (nSPS) is 32.0. The fourth-order valence-corrected chi connectivity index (χ4v) is 5.17. The van der Waals surface area contributed by atoms with Gasteiger partial charge in [-0.2, -0.15) is 0 Å². The Bertz CT molecular complexity index is 664. The van der Waals surface area contributed by atoms with Crippen molar-refractivity contribution >= 4 is 23.2 Å². The predicted molar refractivity (Wildman–Crippen MR) is 86.5 cm³/mol. The van der Waals surface area contributed by atoms with Gasteiger partial charge in [0.25, 0.3) is 11.6 Å². The van der Waals surface area contributed by atoms with E-state index < -0.39 is 4.92 Å². The van der Waals surface area contributed by atoms with Gasteiger partial charge in [0.2, 0.25) is 0 Å². The fraction of sp³-hybridized carbons (Fsp3) is 0.588. The number of hydrogen-bond donors (Lipinski definition) is 0. The van der Waals surface area contributed by atoms with Crippen molar-refractivity contribution in [1.82, 2.24) is 4.90 Å². The lowest BCUT2D eigenvalue weighted by atomic mass is 9.68. The van der Waals surface area contributed by atoms with Crippen molar-refractivity contribution in [2.45, 2.75) is 38.1 Å². The summed E-state index contributed by atoms with van der Waals surface area (Å²) in [6.45, 7) is 0.799. The van der Waals surface area contributed by atoms with Gasteiger partial charge in [-0.05, 0) is 62.0 Å². The van der Waals surface area contributed by atoms with Crippen molar-refractivity contribution in [2.75, 3.05) is 6.54 Å². The van der Waals surface area contributed by atoms with Gasteiger partial charge >= 0.3 is 0 Å². The molecule has 5 rings (SSSR count). The molecule has 0 N–H and O–H groups in total. The molecule has 2 saturated heterocycles. The molecule has 4 atom stereocenters. The van der Waals surface area contributed by atoms with Gasteiger partial charge < -0.3 is 4.90 Å². The molecule has 4 bridgehead atoms. The average Bonchev–Trinajstić information content (AvgIpc) is 2.70. The standard InChI is InChI=1S/C17H19ClN2O3/c18-15-2-1-13(8-16(15)20(22)23)17(21)19-9-12-4-10-3-11(5-12)7-14(19)6-10/h1-2,8,10-12,14H,3-7,9H2/t10-,11+,12?,14?. The fourth-order valence-electron chi connectivity index (χ4n) is 4.98. The number of fused-ring (bicyclic) bond motifs is 1. The van der Waals surface area contributed by atoms with Crippen molar-refractivity contribution < 1.29 is 9.72 Å². The number of rotatable bonds is 2. The molecule has 6 heteroatoms. The highest BCUT2D eigenvalue weighted by Gasteiger charge is 2.44. The summed E-state index contributed by atoms with van der Waals surface area (Å²) in [5, 5.41) is 11.1. The zero-order chi connectivity index (χ0) is 16.1. The smallest absolute Gasteiger partial charge is 0.288 e. The van der Waals surface area contributed by atoms with Crippen LogP contribution in [0.4, 0.5) is 5.69 Å². The molecule has 1 amide bonds. The molecule has 2 unspecified atom stereocenters. The first kappa shape index (κ1) is 14.9. The quantitative estimate of drug-likeness (QED) is 0.608. The third-order valence-electron chi connectivity index (χ3n) is 5.76. The molecule has 2 aliphatic carbocycles. The number of carbonyl (C=O) groups excluding carboxylic acids is 1. The zero-order valence-corrected chi connectivity index (χ0v) is 13.5. The molecule has 23 heavy (non-hydrogen) atoms. The maximum Gasteiger partial charge on any atom is 0.288 e. The molecule has 4 fully saturated rings. The summed E-state index contributed by atoms with van der Waals surface area (Å²) in [5.41, 5.74) is 0.181. The van der Waals surface area contributed by atoms with Crippen LogP contribution >= 0.6 is 11.6 Å². The Labute approximate surface area is 139 Å². The van der Waals surface area contributed by atoms with Crippen LogP contribution in [0.2, 0.25) is 5.02 Å². The van der Waals surface area contributed by atoms with Gasteiger partial charge in [0.05, 0.1) is 4.92 Å². The van der Waals surface area contributed by atoms with E-state index in [-0.39, 0.29) is 16.6 Å². The number of hydrogen-bond acceptors (Lipinski definition) is 3. The molecule has 0 aromatic heterocycles. The number of nitro benzene ring substituents is 1. The predicted octanol–water partition coefficient (Wildman–Crippen LogP) is 3.90. The van der Waals surface area contributed by atoms with E-state index in [1.54, 1.807) is 6.07 Å². The molecular formula is C17H19ClN2O3. The monoisotopic (exact) mass is 334 g/mol. The summed E-state index contributed by atoms with van der Waals surface area (Å²) in [7, 11) is 0. The van der Waals surface area contributed by atoms with E-state index in [0.717, 1.165) is 31.2 Å². The molecule has 0 spiro atoms. The van der Waals surface area contributed by atoms with Gasteiger partial charge in [-0.3, -0.25) is 14.9 Å². The number of halogens is 1. The summed E-state index contributed by atoms with van der Waals surface area (Å²) in [6, 6.07) is 4.68. The Morgan fingerprint density at radius 3 is 2.43 bits per heavy atom. The summed E-state index contributed by atoms with van der Waals surface area (Å²) in [6.07, 6.45) is 5.97. The highest BCUT2D eigenvalue weighted by atomic mass is 35.5. The van der Waals surface area contributed by atoms with Crippen LogP contribution in [0.25, 0.3) is 0 Å². The lowest BCUT2D eigenvalue weighted by molar-refractivity contribution is -0.384. The van der Waals surface area contributed by atoms with Crippen molar-refractivity contribution in [3.8, 4) is 0 Å². The molecule has 2 saturated carbocycles. The molecule has 2 aliphatic heterocycles. The van der Waals surface area contributed by atoms with Crippen LogP contribution in [0.1, 0.15) is 42.5 Å². The number of nitro groups is 1. The van der Waals surface area contributed by atoms with E-state index in [1.807, 2.05) is 4.90 Å². The van der Waals surface area contributed by atoms with Crippen LogP contribution in [-0.2, 0) is 0 Å². The van der Waals surface area contributed by atoms with Crippen molar-refractivity contribution in [3.05, 3.63) is 38.9 Å². The highest BCUT2D eigenvalue weighted by Crippen LogP contribution is 2.47. The van der Waals surface area contributed by atoms with Gasteiger partial charge in [0.15, 0.2) is 0 Å². The summed E-state index contributed by atoms with van der Waals surface area (Å²) < 4.78 is 0. The van der Waals surface area contributed by atoms with Crippen molar-refractivity contribution in [2.24, 2.45) is 17.8 Å². The first-order valence-electron chi connectivity index (χ1n) is 8.26. The maximum absolute atomic E-state index is 13.0. The van der Waals surface area contributed by atoms with E-state index in [2.05, 4.69) is 0 Å². The van der Waals surface area contributed by atoms with Gasteiger partial charge in [-0.15, -0.1) is 0 Å². The third-order valence-corrected chi connectivity index (χ3v) is 6.08.